The number of benzene rings is 2. The highest BCUT2D eigenvalue weighted by atomic mass is 16.5. The number of anilines is 1. The summed E-state index contributed by atoms with van der Waals surface area (Å²) in [7, 11) is 0. The van der Waals surface area contributed by atoms with Crippen molar-refractivity contribution in [1.29, 1.82) is 0 Å². The van der Waals surface area contributed by atoms with Crippen LogP contribution < -0.4 is 15.8 Å². The predicted octanol–water partition coefficient (Wildman–Crippen LogP) is 3.71. The van der Waals surface area contributed by atoms with Gasteiger partial charge in [0, 0.05) is 6.04 Å². The van der Waals surface area contributed by atoms with Crippen molar-refractivity contribution in [3.63, 3.8) is 0 Å². The standard InChI is InChI=1S/C18H22N2O2/c1-12-8-10-15(11-9-12)22-17-7-5-4-6-16(17)20-18(21)13(2)14(3)19/h4-11,13-14H,19H2,1-3H3,(H,20,21). The van der Waals surface area contributed by atoms with E-state index in [-0.39, 0.29) is 17.9 Å². The van der Waals surface area contributed by atoms with Gasteiger partial charge < -0.3 is 15.8 Å². The Bertz CT molecular complexity index is 636. The minimum absolute atomic E-state index is 0.116. The summed E-state index contributed by atoms with van der Waals surface area (Å²) in [5, 5.41) is 2.88. The lowest BCUT2D eigenvalue weighted by Crippen LogP contribution is -2.34. The van der Waals surface area contributed by atoms with Crippen LogP contribution in [0.3, 0.4) is 0 Å². The number of carbonyl (C=O) groups is 1. The number of ether oxygens (including phenoxy) is 1. The number of nitrogens with two attached hydrogens (primary N) is 1. The minimum Gasteiger partial charge on any atom is -0.455 e. The molecule has 0 heterocycles. The van der Waals surface area contributed by atoms with Gasteiger partial charge in [-0.1, -0.05) is 36.8 Å². The van der Waals surface area contributed by atoms with Crippen molar-refractivity contribution in [2.75, 3.05) is 5.32 Å². The number of para-hydroxylation sites is 2. The highest BCUT2D eigenvalue weighted by Gasteiger charge is 2.18. The second-order valence-electron chi connectivity index (χ2n) is 5.55. The fourth-order valence-corrected chi connectivity index (χ4v) is 1.88. The third kappa shape index (κ3) is 4.09. The molecule has 0 aliphatic carbocycles. The zero-order valence-electron chi connectivity index (χ0n) is 13.2. The molecular formula is C18H22N2O2. The fourth-order valence-electron chi connectivity index (χ4n) is 1.88. The molecular weight excluding hydrogens is 276 g/mol. The Labute approximate surface area is 131 Å². The molecule has 0 radical (unpaired) electrons. The van der Waals surface area contributed by atoms with E-state index in [0.29, 0.717) is 11.4 Å². The van der Waals surface area contributed by atoms with E-state index in [2.05, 4.69) is 5.32 Å². The molecule has 2 rings (SSSR count). The van der Waals surface area contributed by atoms with Crippen LogP contribution in [0.2, 0.25) is 0 Å². The fraction of sp³-hybridized carbons (Fsp3) is 0.278. The average Bonchev–Trinajstić information content (AvgIpc) is 2.50. The number of nitrogens with one attached hydrogen (secondary N) is 1. The van der Waals surface area contributed by atoms with Crippen molar-refractivity contribution >= 4 is 11.6 Å². The molecule has 1 amide bonds. The number of hydrogen-bond acceptors (Lipinski definition) is 3. The predicted molar refractivity (Wildman–Crippen MR) is 89.1 cm³/mol. The van der Waals surface area contributed by atoms with Gasteiger partial charge in [-0.15, -0.1) is 0 Å². The molecule has 0 spiro atoms. The van der Waals surface area contributed by atoms with Gasteiger partial charge in [0.25, 0.3) is 0 Å². The molecule has 0 aliphatic rings. The van der Waals surface area contributed by atoms with E-state index in [4.69, 9.17) is 10.5 Å². The largest absolute Gasteiger partial charge is 0.455 e. The lowest BCUT2D eigenvalue weighted by atomic mass is 10.0. The molecule has 0 aromatic heterocycles. The van der Waals surface area contributed by atoms with E-state index < -0.39 is 0 Å². The van der Waals surface area contributed by atoms with Gasteiger partial charge in [-0.2, -0.15) is 0 Å². The maximum Gasteiger partial charge on any atom is 0.228 e. The van der Waals surface area contributed by atoms with Gasteiger partial charge in [0.15, 0.2) is 5.75 Å². The molecule has 0 saturated carbocycles. The van der Waals surface area contributed by atoms with Crippen LogP contribution in [0, 0.1) is 12.8 Å². The first-order chi connectivity index (χ1) is 10.5. The van der Waals surface area contributed by atoms with E-state index in [1.165, 1.54) is 5.56 Å². The van der Waals surface area contributed by atoms with Gasteiger partial charge in [-0.05, 0) is 38.1 Å². The van der Waals surface area contributed by atoms with E-state index >= 15 is 0 Å². The van der Waals surface area contributed by atoms with Crippen LogP contribution in [-0.4, -0.2) is 11.9 Å². The SMILES string of the molecule is Cc1ccc(Oc2ccccc2NC(=O)C(C)C(C)N)cc1. The summed E-state index contributed by atoms with van der Waals surface area (Å²) in [4.78, 5) is 12.2. The Balaban J connectivity index is 2.16. The molecule has 116 valence electrons. The van der Waals surface area contributed by atoms with Crippen molar-refractivity contribution in [3.8, 4) is 11.5 Å². The van der Waals surface area contributed by atoms with Crippen LogP contribution in [-0.2, 0) is 4.79 Å². The highest BCUT2D eigenvalue weighted by molar-refractivity contribution is 5.94. The zero-order valence-corrected chi connectivity index (χ0v) is 13.2. The number of hydrogen-bond donors (Lipinski definition) is 2. The summed E-state index contributed by atoms with van der Waals surface area (Å²) in [6.07, 6.45) is 0. The molecule has 22 heavy (non-hydrogen) atoms. The van der Waals surface area contributed by atoms with Gasteiger partial charge in [0.1, 0.15) is 5.75 Å². The van der Waals surface area contributed by atoms with Crippen LogP contribution in [0.25, 0.3) is 0 Å². The van der Waals surface area contributed by atoms with Gasteiger partial charge in [-0.3, -0.25) is 4.79 Å². The quantitative estimate of drug-likeness (QED) is 0.884. The summed E-state index contributed by atoms with van der Waals surface area (Å²) in [6, 6.07) is 14.9. The molecule has 3 N–H and O–H groups in total. The maximum atomic E-state index is 12.2. The van der Waals surface area contributed by atoms with Gasteiger partial charge in [0.05, 0.1) is 11.6 Å². The van der Waals surface area contributed by atoms with Crippen LogP contribution in [0.15, 0.2) is 48.5 Å². The Kier molecular flexibility index (Phi) is 5.17. The molecule has 2 aromatic rings. The van der Waals surface area contributed by atoms with E-state index in [9.17, 15) is 4.79 Å². The number of amides is 1. The molecule has 2 unspecified atom stereocenters. The van der Waals surface area contributed by atoms with Crippen LogP contribution in [0.4, 0.5) is 5.69 Å². The summed E-state index contributed by atoms with van der Waals surface area (Å²) in [6.45, 7) is 5.65. The van der Waals surface area contributed by atoms with Gasteiger partial charge in [-0.25, -0.2) is 0 Å². The monoisotopic (exact) mass is 298 g/mol. The van der Waals surface area contributed by atoms with Crippen LogP contribution in [0.1, 0.15) is 19.4 Å². The highest BCUT2D eigenvalue weighted by Crippen LogP contribution is 2.29. The minimum atomic E-state index is -0.271. The van der Waals surface area contributed by atoms with Gasteiger partial charge >= 0.3 is 0 Å². The molecule has 0 fully saturated rings. The lowest BCUT2D eigenvalue weighted by Gasteiger charge is -2.17. The van der Waals surface area contributed by atoms with Gasteiger partial charge in [0.2, 0.25) is 5.91 Å². The Morgan fingerprint density at radius 2 is 1.73 bits per heavy atom. The van der Waals surface area contributed by atoms with E-state index in [1.54, 1.807) is 0 Å². The summed E-state index contributed by atoms with van der Waals surface area (Å²) >= 11 is 0. The number of aryl methyl sites for hydroxylation is 1. The van der Waals surface area contributed by atoms with Crippen molar-refractivity contribution in [2.45, 2.75) is 26.8 Å². The third-order valence-electron chi connectivity index (χ3n) is 3.60. The molecule has 4 heteroatoms. The first-order valence-electron chi connectivity index (χ1n) is 7.37. The second kappa shape index (κ2) is 7.09. The van der Waals surface area contributed by atoms with Crippen LogP contribution in [0.5, 0.6) is 11.5 Å². The Hall–Kier alpha value is -2.33. The Morgan fingerprint density at radius 3 is 2.36 bits per heavy atom. The zero-order chi connectivity index (χ0) is 16.1. The molecule has 0 bridgehead atoms. The normalized spacial score (nSPS) is 13.3. The van der Waals surface area contributed by atoms with E-state index in [0.717, 1.165) is 5.75 Å². The van der Waals surface area contributed by atoms with Crippen molar-refractivity contribution in [3.05, 3.63) is 54.1 Å². The first kappa shape index (κ1) is 16.0. The second-order valence-corrected chi connectivity index (χ2v) is 5.55. The van der Waals surface area contributed by atoms with Crippen molar-refractivity contribution in [2.24, 2.45) is 11.7 Å². The van der Waals surface area contributed by atoms with Crippen molar-refractivity contribution in [1.82, 2.24) is 0 Å². The molecule has 2 atom stereocenters. The number of rotatable bonds is 5. The lowest BCUT2D eigenvalue weighted by molar-refractivity contribution is -0.119. The Morgan fingerprint density at radius 1 is 1.09 bits per heavy atom. The molecule has 0 aliphatic heterocycles. The topological polar surface area (TPSA) is 64.3 Å². The van der Waals surface area contributed by atoms with Crippen LogP contribution >= 0.6 is 0 Å². The number of carbonyl (C=O) groups excluding carboxylic acids is 1. The average molecular weight is 298 g/mol. The maximum absolute atomic E-state index is 12.2. The van der Waals surface area contributed by atoms with E-state index in [1.807, 2.05) is 69.3 Å². The summed E-state index contributed by atoms with van der Waals surface area (Å²) < 4.78 is 5.86. The summed E-state index contributed by atoms with van der Waals surface area (Å²) in [5.41, 5.74) is 7.58. The third-order valence-corrected chi connectivity index (χ3v) is 3.60. The van der Waals surface area contributed by atoms with Crippen molar-refractivity contribution < 1.29 is 9.53 Å². The molecule has 0 saturated heterocycles. The first-order valence-corrected chi connectivity index (χ1v) is 7.37. The smallest absolute Gasteiger partial charge is 0.228 e. The molecule has 2 aromatic carbocycles. The summed E-state index contributed by atoms with van der Waals surface area (Å²) in [5.74, 6) is 0.950. The molecule has 4 nitrogen and oxygen atoms in total.